The molecule has 0 aliphatic carbocycles. The van der Waals surface area contributed by atoms with E-state index >= 15 is 0 Å². The van der Waals surface area contributed by atoms with E-state index in [1.165, 1.54) is 18.4 Å². The Balaban J connectivity index is 1.63. The molecule has 2 heterocycles. The van der Waals surface area contributed by atoms with Crippen LogP contribution in [0.3, 0.4) is 0 Å². The molecule has 1 aliphatic heterocycles. The zero-order chi connectivity index (χ0) is 15.4. The number of hydrogen-bond donors (Lipinski definition) is 1. The van der Waals surface area contributed by atoms with Crippen molar-refractivity contribution >= 4 is 5.96 Å². The van der Waals surface area contributed by atoms with Crippen LogP contribution in [-0.4, -0.2) is 36.0 Å². The third-order valence-electron chi connectivity index (χ3n) is 3.90. The third-order valence-corrected chi connectivity index (χ3v) is 3.90. The normalized spacial score (nSPS) is 15.4. The number of hydrogen-bond acceptors (Lipinski definition) is 3. The minimum absolute atomic E-state index is 0.624. The van der Waals surface area contributed by atoms with E-state index in [0.717, 1.165) is 30.3 Å². The van der Waals surface area contributed by atoms with Crippen LogP contribution >= 0.6 is 0 Å². The minimum Gasteiger partial charge on any atom is -0.444 e. The Morgan fingerprint density at radius 1 is 1.27 bits per heavy atom. The molecule has 1 aliphatic rings. The highest BCUT2D eigenvalue weighted by atomic mass is 16.3. The van der Waals surface area contributed by atoms with Gasteiger partial charge in [-0.15, -0.1) is 0 Å². The van der Waals surface area contributed by atoms with Gasteiger partial charge >= 0.3 is 0 Å². The van der Waals surface area contributed by atoms with E-state index in [2.05, 4.69) is 39.2 Å². The van der Waals surface area contributed by atoms with E-state index in [4.69, 9.17) is 4.42 Å². The summed E-state index contributed by atoms with van der Waals surface area (Å²) in [5, 5.41) is 3.35. The Labute approximate surface area is 131 Å². The lowest BCUT2D eigenvalue weighted by atomic mass is 10.1. The predicted molar refractivity (Wildman–Crippen MR) is 87.7 cm³/mol. The molecular weight excluding hydrogens is 276 g/mol. The molecule has 1 aromatic carbocycles. The number of nitrogens with zero attached hydrogens (tertiary/aromatic N) is 3. The summed E-state index contributed by atoms with van der Waals surface area (Å²) in [4.78, 5) is 11.2. The monoisotopic (exact) mass is 298 g/mol. The zero-order valence-electron chi connectivity index (χ0n) is 13.2. The minimum atomic E-state index is 0.624. The van der Waals surface area contributed by atoms with Crippen molar-refractivity contribution in [2.75, 3.05) is 20.1 Å². The molecule has 3 rings (SSSR count). The standard InChI is InChI=1S/C17H22N4O/c1-13-5-7-14(8-6-13)16-20-15(12-22-16)11-19-17(18-2)21-9-3-4-10-21/h5-8,12H,3-4,9-11H2,1-2H3,(H,18,19). The molecule has 5 heteroatoms. The van der Waals surface area contributed by atoms with Crippen molar-refractivity contribution in [1.29, 1.82) is 0 Å². The summed E-state index contributed by atoms with van der Waals surface area (Å²) in [5.41, 5.74) is 3.11. The highest BCUT2D eigenvalue weighted by Gasteiger charge is 2.16. The maximum atomic E-state index is 5.58. The number of oxazole rings is 1. The Bertz CT molecular complexity index is 639. The molecule has 0 bridgehead atoms. The maximum Gasteiger partial charge on any atom is 0.226 e. The summed E-state index contributed by atoms with van der Waals surface area (Å²) >= 11 is 0. The van der Waals surface area contributed by atoms with E-state index in [1.807, 2.05) is 19.2 Å². The van der Waals surface area contributed by atoms with Crippen molar-refractivity contribution in [3.63, 3.8) is 0 Å². The van der Waals surface area contributed by atoms with Crippen molar-refractivity contribution in [3.8, 4) is 11.5 Å². The molecule has 0 saturated carbocycles. The van der Waals surface area contributed by atoms with Gasteiger partial charge in [0.15, 0.2) is 5.96 Å². The second-order valence-corrected chi connectivity index (χ2v) is 5.60. The van der Waals surface area contributed by atoms with Gasteiger partial charge in [0.1, 0.15) is 6.26 Å². The first-order valence-electron chi connectivity index (χ1n) is 7.73. The molecule has 0 radical (unpaired) electrons. The molecule has 2 aromatic rings. The fraction of sp³-hybridized carbons (Fsp3) is 0.412. The average Bonchev–Trinajstić information content (AvgIpc) is 3.20. The number of aryl methyl sites for hydroxylation is 1. The van der Waals surface area contributed by atoms with Gasteiger partial charge in [0.2, 0.25) is 5.89 Å². The van der Waals surface area contributed by atoms with Crippen LogP contribution in [0, 0.1) is 6.92 Å². The molecule has 1 aromatic heterocycles. The first-order valence-corrected chi connectivity index (χ1v) is 7.73. The van der Waals surface area contributed by atoms with Crippen molar-refractivity contribution < 1.29 is 4.42 Å². The highest BCUT2D eigenvalue weighted by Crippen LogP contribution is 2.19. The van der Waals surface area contributed by atoms with Gasteiger partial charge in [0, 0.05) is 25.7 Å². The van der Waals surface area contributed by atoms with Crippen molar-refractivity contribution in [2.45, 2.75) is 26.3 Å². The van der Waals surface area contributed by atoms with Crippen LogP contribution < -0.4 is 5.32 Å². The van der Waals surface area contributed by atoms with Crippen LogP contribution in [0.5, 0.6) is 0 Å². The third kappa shape index (κ3) is 3.30. The van der Waals surface area contributed by atoms with Crippen LogP contribution in [0.2, 0.25) is 0 Å². The Morgan fingerprint density at radius 2 is 2.00 bits per heavy atom. The summed E-state index contributed by atoms with van der Waals surface area (Å²) < 4.78 is 5.58. The van der Waals surface area contributed by atoms with E-state index in [1.54, 1.807) is 6.26 Å². The van der Waals surface area contributed by atoms with Crippen molar-refractivity contribution in [2.24, 2.45) is 4.99 Å². The SMILES string of the molecule is CN=C(NCc1coc(-c2ccc(C)cc2)n1)N1CCCC1. The van der Waals surface area contributed by atoms with Gasteiger partial charge in [-0.3, -0.25) is 4.99 Å². The number of guanidine groups is 1. The average molecular weight is 298 g/mol. The number of aliphatic imine (C=N–C) groups is 1. The smallest absolute Gasteiger partial charge is 0.226 e. The molecule has 0 spiro atoms. The topological polar surface area (TPSA) is 53.7 Å². The Hall–Kier alpha value is -2.30. The molecule has 0 unspecified atom stereocenters. The van der Waals surface area contributed by atoms with Gasteiger partial charge in [-0.05, 0) is 31.9 Å². The number of rotatable bonds is 3. The van der Waals surface area contributed by atoms with Gasteiger partial charge in [0.25, 0.3) is 0 Å². The highest BCUT2D eigenvalue weighted by molar-refractivity contribution is 5.80. The summed E-state index contributed by atoms with van der Waals surface area (Å²) in [7, 11) is 1.82. The molecule has 116 valence electrons. The largest absolute Gasteiger partial charge is 0.444 e. The molecule has 1 N–H and O–H groups in total. The first kappa shape index (κ1) is 14.6. The Morgan fingerprint density at radius 3 is 2.68 bits per heavy atom. The van der Waals surface area contributed by atoms with E-state index in [0.29, 0.717) is 12.4 Å². The number of nitrogens with one attached hydrogen (secondary N) is 1. The van der Waals surface area contributed by atoms with Gasteiger partial charge in [-0.2, -0.15) is 0 Å². The van der Waals surface area contributed by atoms with Crippen molar-refractivity contribution in [1.82, 2.24) is 15.2 Å². The van der Waals surface area contributed by atoms with Crippen LogP contribution in [0.1, 0.15) is 24.1 Å². The number of benzene rings is 1. The van der Waals surface area contributed by atoms with E-state index < -0.39 is 0 Å². The first-order chi connectivity index (χ1) is 10.8. The quantitative estimate of drug-likeness (QED) is 0.699. The fourth-order valence-corrected chi connectivity index (χ4v) is 2.65. The van der Waals surface area contributed by atoms with E-state index in [9.17, 15) is 0 Å². The second kappa shape index (κ2) is 6.64. The molecule has 22 heavy (non-hydrogen) atoms. The van der Waals surface area contributed by atoms with E-state index in [-0.39, 0.29) is 0 Å². The zero-order valence-corrected chi connectivity index (χ0v) is 13.2. The second-order valence-electron chi connectivity index (χ2n) is 5.60. The van der Waals surface area contributed by atoms with Gasteiger partial charge in [-0.25, -0.2) is 4.98 Å². The number of likely N-dealkylation sites (tertiary alicyclic amines) is 1. The summed E-state index contributed by atoms with van der Waals surface area (Å²) in [6, 6.07) is 8.18. The molecule has 0 amide bonds. The van der Waals surface area contributed by atoms with Gasteiger partial charge in [-0.1, -0.05) is 17.7 Å². The molecule has 5 nitrogen and oxygen atoms in total. The van der Waals surface area contributed by atoms with Crippen LogP contribution in [0.4, 0.5) is 0 Å². The molecule has 1 fully saturated rings. The summed E-state index contributed by atoms with van der Waals surface area (Å²) in [6.07, 6.45) is 4.18. The number of aromatic nitrogens is 1. The summed E-state index contributed by atoms with van der Waals surface area (Å²) in [5.74, 6) is 1.60. The molecular formula is C17H22N4O. The molecule has 0 atom stereocenters. The van der Waals surface area contributed by atoms with Crippen molar-refractivity contribution in [3.05, 3.63) is 41.8 Å². The molecule has 1 saturated heterocycles. The van der Waals surface area contributed by atoms with Crippen LogP contribution in [0.25, 0.3) is 11.5 Å². The van der Waals surface area contributed by atoms with Gasteiger partial charge in [0.05, 0.1) is 12.2 Å². The predicted octanol–water partition coefficient (Wildman–Crippen LogP) is 2.82. The fourth-order valence-electron chi connectivity index (χ4n) is 2.65. The summed E-state index contributed by atoms with van der Waals surface area (Å²) in [6.45, 7) is 4.84. The lowest BCUT2D eigenvalue weighted by Gasteiger charge is -2.20. The lowest BCUT2D eigenvalue weighted by Crippen LogP contribution is -2.39. The maximum absolute atomic E-state index is 5.58. The van der Waals surface area contributed by atoms with Crippen LogP contribution in [-0.2, 0) is 6.54 Å². The Kier molecular flexibility index (Phi) is 4.42. The lowest BCUT2D eigenvalue weighted by molar-refractivity contribution is 0.492. The van der Waals surface area contributed by atoms with Gasteiger partial charge < -0.3 is 14.6 Å². The van der Waals surface area contributed by atoms with Crippen LogP contribution in [0.15, 0.2) is 39.9 Å².